The van der Waals surface area contributed by atoms with Gasteiger partial charge in [-0.2, -0.15) is 25.3 Å². The molecule has 3 fully saturated rings. The van der Waals surface area contributed by atoms with Gasteiger partial charge in [0.2, 0.25) is 0 Å². The molecule has 0 saturated heterocycles. The van der Waals surface area contributed by atoms with Crippen molar-refractivity contribution in [2.75, 3.05) is 0 Å². The summed E-state index contributed by atoms with van der Waals surface area (Å²) < 4.78 is 115. The molecule has 3 saturated carbocycles. The lowest BCUT2D eigenvalue weighted by Crippen LogP contribution is -2.60. The van der Waals surface area contributed by atoms with Crippen LogP contribution in [0.4, 0.5) is 0 Å². The smallest absolute Gasteiger partial charge is 0.264 e. The molecule has 0 aromatic carbocycles. The summed E-state index contributed by atoms with van der Waals surface area (Å²) in [4.78, 5) is 0. The van der Waals surface area contributed by atoms with Crippen molar-refractivity contribution in [1.82, 2.24) is 0 Å². The van der Waals surface area contributed by atoms with Crippen LogP contribution in [0.1, 0.15) is 92.9 Å². The lowest BCUT2D eigenvalue weighted by atomic mass is 9.43. The van der Waals surface area contributed by atoms with E-state index < -0.39 is 60.8 Å². The molecule has 3 N–H and O–H groups in total. The normalized spacial score (nSPS) is 40.1. The van der Waals surface area contributed by atoms with Crippen molar-refractivity contribution in [3.05, 3.63) is 23.8 Å². The van der Waals surface area contributed by atoms with Crippen LogP contribution in [0, 0.1) is 45.8 Å². The minimum Gasteiger partial charge on any atom is -0.264 e. The standard InChI is InChI=1S/C29H48O12S3/c1-17(2)18(3)8-9-19(4)20-10-12-29(7)22-14-24(39-42(30,31)32)23-15-25(40-43(33,34)35)26(41-44(36,37)38)16-27(23,5)21(22)11-13-28(20,29)6/h11,17,19-20,22-26H,3,8-10,12-16H2,1-2,4-7H3,(H,30,31,32)(H,33,34,35)(H,36,37,38)/t19-,20-,22-,23-,24+,25+,26+,27-,28-,29+/m1/s1. The minimum atomic E-state index is -5.09. The first-order valence-corrected chi connectivity index (χ1v) is 19.3. The summed E-state index contributed by atoms with van der Waals surface area (Å²) in [5.74, 6) is 0.221. The van der Waals surface area contributed by atoms with Gasteiger partial charge in [-0.15, -0.1) is 0 Å². The van der Waals surface area contributed by atoms with E-state index in [-0.39, 0.29) is 36.0 Å². The van der Waals surface area contributed by atoms with Crippen LogP contribution in [0.25, 0.3) is 0 Å². The summed E-state index contributed by atoms with van der Waals surface area (Å²) in [5.41, 5.74) is 0.742. The molecule has 0 amide bonds. The fourth-order valence-electron chi connectivity index (χ4n) is 9.51. The van der Waals surface area contributed by atoms with E-state index in [1.807, 2.05) is 6.92 Å². The third-order valence-corrected chi connectivity index (χ3v) is 13.5. The number of hydrogen-bond acceptors (Lipinski definition) is 9. The van der Waals surface area contributed by atoms with Crippen LogP contribution in [-0.4, -0.2) is 57.2 Å². The van der Waals surface area contributed by atoms with Gasteiger partial charge in [-0.05, 0) is 97.2 Å². The van der Waals surface area contributed by atoms with Crippen molar-refractivity contribution in [3.8, 4) is 0 Å². The van der Waals surface area contributed by atoms with Crippen LogP contribution in [0.3, 0.4) is 0 Å². The predicted molar refractivity (Wildman–Crippen MR) is 162 cm³/mol. The van der Waals surface area contributed by atoms with Crippen molar-refractivity contribution in [2.24, 2.45) is 45.8 Å². The molecule has 0 aromatic rings. The van der Waals surface area contributed by atoms with Crippen LogP contribution in [0.5, 0.6) is 0 Å². The maximum atomic E-state index is 12.1. The first-order valence-electron chi connectivity index (χ1n) is 15.3. The van der Waals surface area contributed by atoms with E-state index in [4.69, 9.17) is 12.5 Å². The Morgan fingerprint density at radius 2 is 1.43 bits per heavy atom. The molecular weight excluding hydrogens is 637 g/mol. The van der Waals surface area contributed by atoms with Crippen molar-refractivity contribution >= 4 is 31.2 Å². The zero-order valence-corrected chi connectivity index (χ0v) is 28.8. The third kappa shape index (κ3) is 7.01. The Labute approximate surface area is 262 Å². The van der Waals surface area contributed by atoms with Gasteiger partial charge >= 0.3 is 31.2 Å². The van der Waals surface area contributed by atoms with Gasteiger partial charge in [0.05, 0.1) is 6.10 Å². The molecule has 15 heteroatoms. The lowest BCUT2D eigenvalue weighted by Gasteiger charge is -2.63. The molecule has 0 bridgehead atoms. The highest BCUT2D eigenvalue weighted by Gasteiger charge is 2.66. The fraction of sp³-hybridized carbons (Fsp3) is 0.862. The van der Waals surface area contributed by atoms with E-state index >= 15 is 0 Å². The van der Waals surface area contributed by atoms with E-state index in [2.05, 4.69) is 47.3 Å². The molecule has 0 unspecified atom stereocenters. The Morgan fingerprint density at radius 3 is 1.98 bits per heavy atom. The molecular formula is C29H48O12S3. The van der Waals surface area contributed by atoms with Crippen LogP contribution < -0.4 is 0 Å². The molecule has 0 spiro atoms. The second-order valence-electron chi connectivity index (χ2n) is 14.6. The monoisotopic (exact) mass is 684 g/mol. The Bertz CT molecular complexity index is 1490. The highest BCUT2D eigenvalue weighted by atomic mass is 32.3. The van der Waals surface area contributed by atoms with Crippen molar-refractivity contribution < 1.29 is 51.5 Å². The summed E-state index contributed by atoms with van der Waals surface area (Å²) in [7, 11) is -15.1. The maximum Gasteiger partial charge on any atom is 0.397 e. The number of fused-ring (bicyclic) bond motifs is 5. The molecule has 0 radical (unpaired) electrons. The van der Waals surface area contributed by atoms with Gasteiger partial charge < -0.3 is 0 Å². The molecule has 44 heavy (non-hydrogen) atoms. The summed E-state index contributed by atoms with van der Waals surface area (Å²) in [6.07, 6.45) is 2.20. The number of allylic oxidation sites excluding steroid dienone is 3. The van der Waals surface area contributed by atoms with Gasteiger partial charge in [0.15, 0.2) is 0 Å². The van der Waals surface area contributed by atoms with Crippen LogP contribution in [-0.2, 0) is 43.7 Å². The van der Waals surface area contributed by atoms with Crippen LogP contribution in [0.15, 0.2) is 23.8 Å². The van der Waals surface area contributed by atoms with Crippen molar-refractivity contribution in [1.29, 1.82) is 0 Å². The number of hydrogen-bond donors (Lipinski definition) is 3. The van der Waals surface area contributed by atoms with E-state index in [0.717, 1.165) is 37.7 Å². The predicted octanol–water partition coefficient (Wildman–Crippen LogP) is 5.37. The topological polar surface area (TPSA) is 191 Å². The average molecular weight is 685 g/mol. The lowest BCUT2D eigenvalue weighted by molar-refractivity contribution is -0.122. The van der Waals surface area contributed by atoms with Gasteiger partial charge in [0, 0.05) is 0 Å². The first-order chi connectivity index (χ1) is 19.9. The molecule has 4 aliphatic rings. The molecule has 254 valence electrons. The van der Waals surface area contributed by atoms with Gasteiger partial charge in [-0.25, -0.2) is 12.5 Å². The third-order valence-electron chi connectivity index (χ3n) is 12.1. The fourth-order valence-corrected chi connectivity index (χ4v) is 11.1. The second kappa shape index (κ2) is 12.0. The number of rotatable bonds is 11. The van der Waals surface area contributed by atoms with E-state index in [1.54, 1.807) is 0 Å². The Balaban J connectivity index is 1.76. The highest BCUT2D eigenvalue weighted by molar-refractivity contribution is 7.81. The molecule has 0 heterocycles. The summed E-state index contributed by atoms with van der Waals surface area (Å²) in [6, 6.07) is 0. The summed E-state index contributed by atoms with van der Waals surface area (Å²) >= 11 is 0. The van der Waals surface area contributed by atoms with Gasteiger partial charge in [0.25, 0.3) is 0 Å². The van der Waals surface area contributed by atoms with Crippen molar-refractivity contribution in [2.45, 2.75) is 111 Å². The van der Waals surface area contributed by atoms with E-state index in [1.165, 1.54) is 5.57 Å². The molecule has 10 atom stereocenters. The zero-order valence-electron chi connectivity index (χ0n) is 26.3. The minimum absolute atomic E-state index is 0.152. The largest absolute Gasteiger partial charge is 0.397 e. The zero-order chi connectivity index (χ0) is 33.3. The second-order valence-corrected chi connectivity index (χ2v) is 17.8. The molecule has 0 aromatic heterocycles. The van der Waals surface area contributed by atoms with Crippen molar-refractivity contribution in [3.63, 3.8) is 0 Å². The molecule has 12 nitrogen and oxygen atoms in total. The van der Waals surface area contributed by atoms with Gasteiger partial charge in [-0.1, -0.05) is 65.3 Å². The van der Waals surface area contributed by atoms with E-state index in [9.17, 15) is 38.9 Å². The van der Waals surface area contributed by atoms with Crippen LogP contribution in [0.2, 0.25) is 0 Å². The summed E-state index contributed by atoms with van der Waals surface area (Å²) in [6.45, 7) is 17.1. The SMILES string of the molecule is C=C(CC[C@@H](C)[C@H]1CC[C@@]2(C)[C@@H]3C[C@H](OS(=O)(=O)O)[C@H]4C[C@H](OS(=O)(=O)O)[C@@H](OS(=O)(=O)O)C[C@]4(C)C3=CC[C@]12C)C(C)C. The highest BCUT2D eigenvalue weighted by Crippen LogP contribution is 2.72. The first kappa shape index (κ1) is 35.9. The Hall–Kier alpha value is -0.910. The summed E-state index contributed by atoms with van der Waals surface area (Å²) in [5, 5.41) is 0. The molecule has 4 aliphatic carbocycles. The van der Waals surface area contributed by atoms with Gasteiger partial charge in [0.1, 0.15) is 12.2 Å². The maximum absolute atomic E-state index is 12.1. The quantitative estimate of drug-likeness (QED) is 0.187. The Kier molecular flexibility index (Phi) is 9.77. The molecule has 4 rings (SSSR count). The average Bonchev–Trinajstić information content (AvgIpc) is 3.12. The van der Waals surface area contributed by atoms with Crippen LogP contribution >= 0.6 is 0 Å². The Morgan fingerprint density at radius 1 is 0.886 bits per heavy atom. The van der Waals surface area contributed by atoms with Gasteiger partial charge in [-0.3, -0.25) is 13.7 Å². The molecule has 0 aliphatic heterocycles. The van der Waals surface area contributed by atoms with E-state index in [0.29, 0.717) is 17.8 Å².